The maximum absolute atomic E-state index is 12.0. The van der Waals surface area contributed by atoms with Crippen molar-refractivity contribution in [3.8, 4) is 0 Å². The Morgan fingerprint density at radius 1 is 1.59 bits per heavy atom. The number of H-pyrrole nitrogens is 1. The molecule has 2 aromatic rings. The van der Waals surface area contributed by atoms with E-state index in [1.54, 1.807) is 4.90 Å². The van der Waals surface area contributed by atoms with Crippen LogP contribution in [0.1, 0.15) is 28.7 Å². The van der Waals surface area contributed by atoms with E-state index in [-0.39, 0.29) is 11.8 Å². The first kappa shape index (κ1) is 9.94. The third-order valence-electron chi connectivity index (χ3n) is 2.85. The first-order valence-electron chi connectivity index (χ1n) is 5.26. The molecule has 88 valence electrons. The summed E-state index contributed by atoms with van der Waals surface area (Å²) in [7, 11) is 0. The van der Waals surface area contributed by atoms with Gasteiger partial charge in [-0.3, -0.25) is 4.79 Å². The molecule has 3 heterocycles. The molecule has 8 heteroatoms. The van der Waals surface area contributed by atoms with Gasteiger partial charge in [0.05, 0.1) is 6.20 Å². The van der Waals surface area contributed by atoms with Crippen molar-refractivity contribution in [3.05, 3.63) is 24.1 Å². The first-order valence-corrected chi connectivity index (χ1v) is 5.26. The highest BCUT2D eigenvalue weighted by Crippen LogP contribution is 2.25. The van der Waals surface area contributed by atoms with Gasteiger partial charge in [0.2, 0.25) is 6.39 Å². The van der Waals surface area contributed by atoms with Gasteiger partial charge in [0.1, 0.15) is 0 Å². The Morgan fingerprint density at radius 2 is 2.53 bits per heavy atom. The summed E-state index contributed by atoms with van der Waals surface area (Å²) >= 11 is 0. The highest BCUT2D eigenvalue weighted by Gasteiger charge is 2.31. The van der Waals surface area contributed by atoms with Crippen LogP contribution in [-0.4, -0.2) is 49.4 Å². The van der Waals surface area contributed by atoms with E-state index < -0.39 is 0 Å². The third-order valence-corrected chi connectivity index (χ3v) is 2.85. The van der Waals surface area contributed by atoms with Gasteiger partial charge < -0.3 is 9.42 Å². The molecule has 1 aliphatic heterocycles. The molecule has 1 N–H and O–H groups in total. The minimum atomic E-state index is -0.121. The molecule has 0 spiro atoms. The molecule has 1 saturated heterocycles. The standard InChI is InChI=1S/C9H10N6O2/c16-9(7-3-11-14-12-7)15-2-1-6(4-15)8-10-5-17-13-8/h3,5-6H,1-2,4H2,(H,11,12,14)/t6-/m1/s1. The average molecular weight is 234 g/mol. The topological polar surface area (TPSA) is 101 Å². The van der Waals surface area contributed by atoms with E-state index in [0.29, 0.717) is 24.6 Å². The highest BCUT2D eigenvalue weighted by molar-refractivity contribution is 5.92. The molecule has 8 nitrogen and oxygen atoms in total. The largest absolute Gasteiger partial charge is 0.343 e. The molecule has 0 radical (unpaired) electrons. The Balaban J connectivity index is 1.70. The van der Waals surface area contributed by atoms with Crippen LogP contribution in [0.3, 0.4) is 0 Å². The van der Waals surface area contributed by atoms with Crippen LogP contribution in [0.4, 0.5) is 0 Å². The molecule has 3 rings (SSSR count). The lowest BCUT2D eigenvalue weighted by Crippen LogP contribution is -2.28. The fourth-order valence-corrected chi connectivity index (χ4v) is 1.98. The smallest absolute Gasteiger partial charge is 0.276 e. The van der Waals surface area contributed by atoms with Crippen LogP contribution in [0.5, 0.6) is 0 Å². The van der Waals surface area contributed by atoms with Gasteiger partial charge in [-0.15, -0.1) is 0 Å². The predicted molar refractivity (Wildman–Crippen MR) is 53.9 cm³/mol. The van der Waals surface area contributed by atoms with E-state index in [0.717, 1.165) is 6.42 Å². The second kappa shape index (κ2) is 3.96. The number of hydrogen-bond donors (Lipinski definition) is 1. The van der Waals surface area contributed by atoms with Crippen molar-refractivity contribution in [1.82, 2.24) is 30.5 Å². The van der Waals surface area contributed by atoms with Crippen molar-refractivity contribution < 1.29 is 9.32 Å². The van der Waals surface area contributed by atoms with Crippen molar-refractivity contribution in [1.29, 1.82) is 0 Å². The van der Waals surface area contributed by atoms with Crippen molar-refractivity contribution in [2.24, 2.45) is 0 Å². The number of carbonyl (C=O) groups excluding carboxylic acids is 1. The van der Waals surface area contributed by atoms with Gasteiger partial charge in [-0.1, -0.05) is 5.16 Å². The number of hydrogen-bond acceptors (Lipinski definition) is 6. The quantitative estimate of drug-likeness (QED) is 0.773. The summed E-state index contributed by atoms with van der Waals surface area (Å²) in [6.45, 7) is 1.26. The molecular formula is C9H10N6O2. The minimum Gasteiger partial charge on any atom is -0.343 e. The SMILES string of the molecule is O=C(c1cn[nH]n1)N1CC[C@@H](c2ncon2)C1. The Kier molecular flexibility index (Phi) is 2.32. The molecule has 0 unspecified atom stereocenters. The van der Waals surface area contributed by atoms with Crippen LogP contribution in [0, 0.1) is 0 Å². The van der Waals surface area contributed by atoms with E-state index >= 15 is 0 Å². The predicted octanol–water partition coefficient (Wildman–Crippen LogP) is -0.183. The molecule has 1 aliphatic rings. The summed E-state index contributed by atoms with van der Waals surface area (Å²) in [4.78, 5) is 17.7. The summed E-state index contributed by atoms with van der Waals surface area (Å²) in [5.41, 5.74) is 0.332. The van der Waals surface area contributed by atoms with Gasteiger partial charge in [-0.2, -0.15) is 20.4 Å². The Morgan fingerprint density at radius 3 is 3.24 bits per heavy atom. The molecule has 1 fully saturated rings. The number of likely N-dealkylation sites (tertiary alicyclic amines) is 1. The lowest BCUT2D eigenvalue weighted by Gasteiger charge is -2.13. The fourth-order valence-electron chi connectivity index (χ4n) is 1.98. The van der Waals surface area contributed by atoms with E-state index in [9.17, 15) is 4.79 Å². The van der Waals surface area contributed by atoms with Gasteiger partial charge in [0.25, 0.3) is 5.91 Å². The zero-order valence-electron chi connectivity index (χ0n) is 8.91. The van der Waals surface area contributed by atoms with E-state index in [2.05, 4.69) is 25.6 Å². The van der Waals surface area contributed by atoms with Crippen molar-refractivity contribution in [3.63, 3.8) is 0 Å². The molecule has 17 heavy (non-hydrogen) atoms. The van der Waals surface area contributed by atoms with Gasteiger partial charge >= 0.3 is 0 Å². The molecule has 1 amide bonds. The third kappa shape index (κ3) is 1.77. The Labute approximate surface area is 96.0 Å². The van der Waals surface area contributed by atoms with Gasteiger partial charge in [-0.25, -0.2) is 0 Å². The summed E-state index contributed by atoms with van der Waals surface area (Å²) in [5.74, 6) is 0.676. The number of nitrogens with zero attached hydrogens (tertiary/aromatic N) is 5. The maximum Gasteiger partial charge on any atom is 0.276 e. The van der Waals surface area contributed by atoms with Crippen LogP contribution in [0.15, 0.2) is 17.1 Å². The zero-order valence-corrected chi connectivity index (χ0v) is 8.91. The fraction of sp³-hybridized carbons (Fsp3) is 0.444. The van der Waals surface area contributed by atoms with Crippen LogP contribution in [-0.2, 0) is 0 Å². The minimum absolute atomic E-state index is 0.121. The summed E-state index contributed by atoms with van der Waals surface area (Å²) in [5, 5.41) is 13.6. The average Bonchev–Trinajstić information content (AvgIpc) is 3.09. The number of aromatic amines is 1. The summed E-state index contributed by atoms with van der Waals surface area (Å²) in [6.07, 6.45) is 3.56. The molecule has 2 aromatic heterocycles. The second-order valence-electron chi connectivity index (χ2n) is 3.88. The molecule has 1 atom stereocenters. The number of amides is 1. The van der Waals surface area contributed by atoms with Gasteiger partial charge in [0.15, 0.2) is 11.5 Å². The van der Waals surface area contributed by atoms with Crippen molar-refractivity contribution in [2.45, 2.75) is 12.3 Å². The number of rotatable bonds is 2. The van der Waals surface area contributed by atoms with Crippen LogP contribution >= 0.6 is 0 Å². The lowest BCUT2D eigenvalue weighted by molar-refractivity contribution is 0.0784. The Bertz CT molecular complexity index is 494. The van der Waals surface area contributed by atoms with E-state index in [1.807, 2.05) is 0 Å². The second-order valence-corrected chi connectivity index (χ2v) is 3.88. The zero-order chi connectivity index (χ0) is 11.7. The van der Waals surface area contributed by atoms with Crippen molar-refractivity contribution >= 4 is 5.91 Å². The Hall–Kier alpha value is -2.25. The maximum atomic E-state index is 12.0. The molecule has 0 aliphatic carbocycles. The van der Waals surface area contributed by atoms with Gasteiger partial charge in [-0.05, 0) is 6.42 Å². The molecular weight excluding hydrogens is 224 g/mol. The monoisotopic (exact) mass is 234 g/mol. The number of carbonyl (C=O) groups is 1. The molecule has 0 saturated carbocycles. The molecule has 0 aromatic carbocycles. The van der Waals surface area contributed by atoms with E-state index in [4.69, 9.17) is 4.52 Å². The highest BCUT2D eigenvalue weighted by atomic mass is 16.5. The van der Waals surface area contributed by atoms with Crippen LogP contribution < -0.4 is 0 Å². The van der Waals surface area contributed by atoms with Crippen molar-refractivity contribution in [2.75, 3.05) is 13.1 Å². The van der Waals surface area contributed by atoms with Crippen LogP contribution in [0.25, 0.3) is 0 Å². The lowest BCUT2D eigenvalue weighted by atomic mass is 10.1. The van der Waals surface area contributed by atoms with Crippen LogP contribution in [0.2, 0.25) is 0 Å². The first-order chi connectivity index (χ1) is 8.34. The summed E-state index contributed by atoms with van der Waals surface area (Å²) < 4.78 is 4.70. The number of nitrogens with one attached hydrogen (secondary N) is 1. The summed E-state index contributed by atoms with van der Waals surface area (Å²) in [6, 6.07) is 0. The number of aromatic nitrogens is 5. The van der Waals surface area contributed by atoms with Gasteiger partial charge in [0, 0.05) is 19.0 Å². The van der Waals surface area contributed by atoms with E-state index in [1.165, 1.54) is 12.6 Å². The normalized spacial score (nSPS) is 19.8. The molecule has 0 bridgehead atoms.